The third kappa shape index (κ3) is 5.37. The Morgan fingerprint density at radius 3 is 1.40 bits per heavy atom. The molecule has 0 aliphatic rings. The van der Waals surface area contributed by atoms with Gasteiger partial charge >= 0.3 is 0 Å². The molecule has 0 amide bonds. The van der Waals surface area contributed by atoms with Crippen molar-refractivity contribution in [2.75, 3.05) is 11.8 Å². The molecule has 0 N–H and O–H groups in total. The van der Waals surface area contributed by atoms with Gasteiger partial charge in [0.1, 0.15) is 0 Å². The molecule has 0 aromatic carbocycles. The van der Waals surface area contributed by atoms with Gasteiger partial charge in [0.2, 0.25) is 0 Å². The molecule has 0 saturated heterocycles. The molecule has 0 nitrogen and oxygen atoms in total. The largest absolute Gasteiger partial charge is 0.126 e. The minimum atomic E-state index is 0.646. The molecule has 0 aliphatic carbocycles. The van der Waals surface area contributed by atoms with Crippen molar-refractivity contribution < 1.29 is 0 Å². The number of halogens is 2. The Hall–Kier alpha value is 0.580. The van der Waals surface area contributed by atoms with Crippen LogP contribution in [0.2, 0.25) is 0 Å². The molecule has 0 saturated carbocycles. The molecule has 2 atom stereocenters. The summed E-state index contributed by atoms with van der Waals surface area (Å²) in [6.45, 7) is 4.35. The fraction of sp³-hybridized carbons (Fsp3) is 1.00. The first-order valence-corrected chi connectivity index (χ1v) is 4.89. The van der Waals surface area contributed by atoms with Crippen molar-refractivity contribution in [1.29, 1.82) is 0 Å². The van der Waals surface area contributed by atoms with Gasteiger partial charge in [-0.25, -0.2) is 0 Å². The highest BCUT2D eigenvalue weighted by atomic mass is 35.5. The average Bonchev–Trinajstić information content (AvgIpc) is 1.99. The molecular formula is C8H16Cl2. The molecule has 0 heterocycles. The monoisotopic (exact) mass is 182 g/mol. The van der Waals surface area contributed by atoms with E-state index in [0.29, 0.717) is 11.8 Å². The fourth-order valence-corrected chi connectivity index (χ4v) is 1.03. The molecule has 0 aromatic heterocycles. The average molecular weight is 183 g/mol. The molecule has 2 unspecified atom stereocenters. The summed E-state index contributed by atoms with van der Waals surface area (Å²) in [7, 11) is 0. The van der Waals surface area contributed by atoms with Gasteiger partial charge in [-0.1, -0.05) is 13.8 Å². The maximum Gasteiger partial charge on any atom is 0.0249 e. The van der Waals surface area contributed by atoms with Crippen molar-refractivity contribution in [3.8, 4) is 0 Å². The SMILES string of the molecule is CC(CCl)CCC(C)CCl. The van der Waals surface area contributed by atoms with Crippen LogP contribution in [0.3, 0.4) is 0 Å². The highest BCUT2D eigenvalue weighted by Gasteiger charge is 2.03. The summed E-state index contributed by atoms with van der Waals surface area (Å²) in [5.74, 6) is 2.84. The summed E-state index contributed by atoms with van der Waals surface area (Å²) < 4.78 is 0. The Kier molecular flexibility index (Phi) is 6.67. The predicted octanol–water partition coefficient (Wildman–Crippen LogP) is 3.52. The zero-order valence-corrected chi connectivity index (χ0v) is 8.25. The summed E-state index contributed by atoms with van der Waals surface area (Å²) in [4.78, 5) is 0. The van der Waals surface area contributed by atoms with Crippen molar-refractivity contribution in [3.05, 3.63) is 0 Å². The van der Waals surface area contributed by atoms with Crippen LogP contribution in [-0.2, 0) is 0 Å². The summed E-state index contributed by atoms with van der Waals surface area (Å²) in [6.07, 6.45) is 2.41. The van der Waals surface area contributed by atoms with Crippen molar-refractivity contribution in [2.24, 2.45) is 11.8 Å². The summed E-state index contributed by atoms with van der Waals surface area (Å²) in [5, 5.41) is 0. The van der Waals surface area contributed by atoms with Gasteiger partial charge < -0.3 is 0 Å². The van der Waals surface area contributed by atoms with E-state index in [9.17, 15) is 0 Å². The molecule has 0 aliphatic heterocycles. The van der Waals surface area contributed by atoms with E-state index in [1.165, 1.54) is 12.8 Å². The normalized spacial score (nSPS) is 16.8. The van der Waals surface area contributed by atoms with E-state index in [4.69, 9.17) is 23.2 Å². The van der Waals surface area contributed by atoms with E-state index in [1.807, 2.05) is 0 Å². The molecule has 0 fully saturated rings. The van der Waals surface area contributed by atoms with Crippen LogP contribution in [0.25, 0.3) is 0 Å². The predicted molar refractivity (Wildman–Crippen MR) is 49.0 cm³/mol. The standard InChI is InChI=1S/C8H16Cl2/c1-7(5-9)3-4-8(2)6-10/h7-8H,3-6H2,1-2H3. The van der Waals surface area contributed by atoms with E-state index in [1.54, 1.807) is 0 Å². The lowest BCUT2D eigenvalue weighted by Gasteiger charge is -2.10. The molecule has 0 aromatic rings. The van der Waals surface area contributed by atoms with Crippen LogP contribution in [0.5, 0.6) is 0 Å². The van der Waals surface area contributed by atoms with Crippen molar-refractivity contribution in [3.63, 3.8) is 0 Å². The van der Waals surface area contributed by atoms with Crippen LogP contribution in [0, 0.1) is 11.8 Å². The van der Waals surface area contributed by atoms with E-state index >= 15 is 0 Å². The first kappa shape index (κ1) is 10.6. The van der Waals surface area contributed by atoms with E-state index in [-0.39, 0.29) is 0 Å². The Balaban J connectivity index is 3.17. The van der Waals surface area contributed by atoms with Crippen LogP contribution in [0.15, 0.2) is 0 Å². The van der Waals surface area contributed by atoms with Gasteiger partial charge in [-0.3, -0.25) is 0 Å². The Bertz CT molecular complexity index is 63.7. The lowest BCUT2D eigenvalue weighted by Crippen LogP contribution is -2.02. The van der Waals surface area contributed by atoms with Gasteiger partial charge in [-0.2, -0.15) is 0 Å². The van der Waals surface area contributed by atoms with Gasteiger partial charge in [-0.05, 0) is 24.7 Å². The summed E-state index contributed by atoms with van der Waals surface area (Å²) in [6, 6.07) is 0. The molecule has 0 radical (unpaired) electrons. The van der Waals surface area contributed by atoms with Crippen LogP contribution >= 0.6 is 23.2 Å². The highest BCUT2D eigenvalue weighted by molar-refractivity contribution is 6.18. The van der Waals surface area contributed by atoms with Gasteiger partial charge in [0.25, 0.3) is 0 Å². The lowest BCUT2D eigenvalue weighted by atomic mass is 10.0. The minimum Gasteiger partial charge on any atom is -0.126 e. The molecule has 2 heteroatoms. The van der Waals surface area contributed by atoms with Gasteiger partial charge in [-0.15, -0.1) is 23.2 Å². The Morgan fingerprint density at radius 1 is 0.900 bits per heavy atom. The molecule has 10 heavy (non-hydrogen) atoms. The van der Waals surface area contributed by atoms with Gasteiger partial charge in [0.15, 0.2) is 0 Å². The topological polar surface area (TPSA) is 0 Å². The first-order valence-electron chi connectivity index (χ1n) is 3.82. The Labute approximate surface area is 73.9 Å². The number of rotatable bonds is 5. The van der Waals surface area contributed by atoms with Crippen LogP contribution in [0.1, 0.15) is 26.7 Å². The second-order valence-electron chi connectivity index (χ2n) is 3.10. The zero-order chi connectivity index (χ0) is 7.98. The van der Waals surface area contributed by atoms with Crippen molar-refractivity contribution >= 4 is 23.2 Å². The van der Waals surface area contributed by atoms with E-state index < -0.39 is 0 Å². The first-order chi connectivity index (χ1) is 4.70. The Morgan fingerprint density at radius 2 is 1.20 bits per heavy atom. The minimum absolute atomic E-state index is 0.646. The van der Waals surface area contributed by atoms with E-state index in [2.05, 4.69) is 13.8 Å². The second kappa shape index (κ2) is 6.30. The van der Waals surface area contributed by atoms with Gasteiger partial charge in [0.05, 0.1) is 0 Å². The molecule has 0 rings (SSSR count). The molecule has 62 valence electrons. The van der Waals surface area contributed by atoms with Gasteiger partial charge in [0, 0.05) is 11.8 Å². The fourth-order valence-electron chi connectivity index (χ4n) is 0.723. The number of hydrogen-bond donors (Lipinski definition) is 0. The van der Waals surface area contributed by atoms with E-state index in [0.717, 1.165) is 11.8 Å². The maximum absolute atomic E-state index is 5.65. The second-order valence-corrected chi connectivity index (χ2v) is 3.71. The zero-order valence-electron chi connectivity index (χ0n) is 6.74. The van der Waals surface area contributed by atoms with Crippen LogP contribution in [0.4, 0.5) is 0 Å². The quantitative estimate of drug-likeness (QED) is 0.572. The molecule has 0 bridgehead atoms. The molecule has 0 spiro atoms. The third-order valence-corrected chi connectivity index (χ3v) is 2.73. The van der Waals surface area contributed by atoms with Crippen molar-refractivity contribution in [1.82, 2.24) is 0 Å². The number of alkyl halides is 2. The third-order valence-electron chi connectivity index (χ3n) is 1.68. The van der Waals surface area contributed by atoms with Crippen LogP contribution < -0.4 is 0 Å². The smallest absolute Gasteiger partial charge is 0.0249 e. The highest BCUT2D eigenvalue weighted by Crippen LogP contribution is 2.14. The summed E-state index contributed by atoms with van der Waals surface area (Å²) >= 11 is 11.3. The number of hydrogen-bond acceptors (Lipinski definition) is 0. The lowest BCUT2D eigenvalue weighted by molar-refractivity contribution is 0.482. The molecular weight excluding hydrogens is 167 g/mol. The maximum atomic E-state index is 5.65. The van der Waals surface area contributed by atoms with Crippen molar-refractivity contribution in [2.45, 2.75) is 26.7 Å². The van der Waals surface area contributed by atoms with Crippen LogP contribution in [-0.4, -0.2) is 11.8 Å². The summed E-state index contributed by atoms with van der Waals surface area (Å²) in [5.41, 5.74) is 0.